The van der Waals surface area contributed by atoms with Gasteiger partial charge in [-0.1, -0.05) is 0 Å². The Morgan fingerprint density at radius 2 is 2.33 bits per heavy atom. The summed E-state index contributed by atoms with van der Waals surface area (Å²) in [5.41, 5.74) is 0. The fourth-order valence-electron chi connectivity index (χ4n) is 2.17. The van der Waals surface area contributed by atoms with E-state index in [1.807, 2.05) is 6.07 Å². The van der Waals surface area contributed by atoms with Crippen LogP contribution in [0, 0.1) is 0 Å². The van der Waals surface area contributed by atoms with Crippen LogP contribution in [0.25, 0.3) is 0 Å². The summed E-state index contributed by atoms with van der Waals surface area (Å²) in [6.07, 6.45) is 1.60. The van der Waals surface area contributed by atoms with E-state index in [2.05, 4.69) is 28.1 Å². The number of nitrogens with one attached hydrogen (secondary N) is 1. The van der Waals surface area contributed by atoms with Gasteiger partial charge in [-0.25, -0.2) is 0 Å². The molecule has 1 atom stereocenters. The van der Waals surface area contributed by atoms with Crippen LogP contribution >= 0.6 is 11.3 Å². The number of likely N-dealkylation sites (tertiary alicyclic amines) is 1. The lowest BCUT2D eigenvalue weighted by atomic mass is 10.2. The van der Waals surface area contributed by atoms with Crippen molar-refractivity contribution >= 4 is 17.3 Å². The van der Waals surface area contributed by atoms with Crippen LogP contribution in [-0.2, 0) is 22.5 Å². The summed E-state index contributed by atoms with van der Waals surface area (Å²) in [5, 5.41) is 3.56. The third kappa shape index (κ3) is 3.80. The number of methoxy groups -OCH3 is 1. The first-order chi connectivity index (χ1) is 8.67. The van der Waals surface area contributed by atoms with Gasteiger partial charge < -0.3 is 15.0 Å². The maximum atomic E-state index is 11.2. The second kappa shape index (κ2) is 6.31. The summed E-state index contributed by atoms with van der Waals surface area (Å²) in [6.45, 7) is 3.19. The number of ether oxygens (including phenoxy) is 1. The van der Waals surface area contributed by atoms with E-state index in [1.54, 1.807) is 11.3 Å². The van der Waals surface area contributed by atoms with Crippen molar-refractivity contribution in [2.75, 3.05) is 27.2 Å². The molecule has 1 unspecified atom stereocenters. The van der Waals surface area contributed by atoms with E-state index < -0.39 is 0 Å². The summed E-state index contributed by atoms with van der Waals surface area (Å²) >= 11 is 1.68. The number of thiophene rings is 1. The molecule has 18 heavy (non-hydrogen) atoms. The van der Waals surface area contributed by atoms with Crippen molar-refractivity contribution in [3.8, 4) is 0 Å². The summed E-state index contributed by atoms with van der Waals surface area (Å²) in [7, 11) is 3.58. The predicted molar refractivity (Wildman–Crippen MR) is 72.8 cm³/mol. The first-order valence-corrected chi connectivity index (χ1v) is 7.05. The molecular weight excluding hydrogens is 248 g/mol. The van der Waals surface area contributed by atoms with Gasteiger partial charge in [0.1, 0.15) is 0 Å². The van der Waals surface area contributed by atoms with Crippen LogP contribution in [0.5, 0.6) is 0 Å². The van der Waals surface area contributed by atoms with E-state index in [9.17, 15) is 4.79 Å². The van der Waals surface area contributed by atoms with Crippen molar-refractivity contribution in [1.29, 1.82) is 0 Å². The molecule has 1 N–H and O–H groups in total. The van der Waals surface area contributed by atoms with Crippen LogP contribution in [0.4, 0.5) is 0 Å². The first kappa shape index (κ1) is 13.5. The maximum Gasteiger partial charge on any atom is 0.310 e. The third-order valence-electron chi connectivity index (χ3n) is 3.22. The van der Waals surface area contributed by atoms with Crippen molar-refractivity contribution in [2.24, 2.45) is 0 Å². The van der Waals surface area contributed by atoms with Gasteiger partial charge in [-0.3, -0.25) is 4.79 Å². The molecule has 0 aliphatic carbocycles. The number of carbonyl (C=O) groups excluding carboxylic acids is 1. The zero-order chi connectivity index (χ0) is 13.0. The number of hydrogen-bond acceptors (Lipinski definition) is 5. The molecule has 1 saturated heterocycles. The minimum atomic E-state index is -0.172. The molecule has 1 aromatic heterocycles. The number of rotatable bonds is 5. The van der Waals surface area contributed by atoms with Crippen LogP contribution in [0.3, 0.4) is 0 Å². The Kier molecular flexibility index (Phi) is 4.74. The molecule has 2 rings (SSSR count). The lowest BCUT2D eigenvalue weighted by Crippen LogP contribution is -2.30. The van der Waals surface area contributed by atoms with Crippen molar-refractivity contribution in [1.82, 2.24) is 10.2 Å². The zero-order valence-corrected chi connectivity index (χ0v) is 11.8. The Morgan fingerprint density at radius 1 is 1.56 bits per heavy atom. The number of hydrogen-bond donors (Lipinski definition) is 1. The van der Waals surface area contributed by atoms with Gasteiger partial charge in [0.05, 0.1) is 13.5 Å². The molecule has 0 spiro atoms. The first-order valence-electron chi connectivity index (χ1n) is 6.23. The highest BCUT2D eigenvalue weighted by Crippen LogP contribution is 2.18. The Hall–Kier alpha value is -0.910. The summed E-state index contributed by atoms with van der Waals surface area (Å²) in [5.74, 6) is -0.172. The van der Waals surface area contributed by atoms with Gasteiger partial charge in [-0.2, -0.15) is 0 Å². The Bertz CT molecular complexity index is 405. The molecule has 1 aliphatic rings. The van der Waals surface area contributed by atoms with Crippen molar-refractivity contribution in [3.63, 3.8) is 0 Å². The monoisotopic (exact) mass is 268 g/mol. The smallest absolute Gasteiger partial charge is 0.310 e. The third-order valence-corrected chi connectivity index (χ3v) is 4.31. The lowest BCUT2D eigenvalue weighted by molar-refractivity contribution is -0.139. The molecule has 0 amide bonds. The number of esters is 1. The zero-order valence-electron chi connectivity index (χ0n) is 10.9. The van der Waals surface area contributed by atoms with Crippen LogP contribution in [0.1, 0.15) is 16.2 Å². The van der Waals surface area contributed by atoms with Gasteiger partial charge in [0.15, 0.2) is 0 Å². The highest BCUT2D eigenvalue weighted by atomic mass is 32.1. The standard InChI is InChI=1S/C13H20N2O2S/c1-15-6-5-10(9-15)14-8-12-4-3-11(18-12)7-13(16)17-2/h3-4,10,14H,5-9H2,1-2H3. The van der Waals surface area contributed by atoms with E-state index >= 15 is 0 Å². The molecule has 1 aliphatic heterocycles. The fraction of sp³-hybridized carbons (Fsp3) is 0.615. The topological polar surface area (TPSA) is 41.6 Å². The van der Waals surface area contributed by atoms with Crippen LogP contribution in [-0.4, -0.2) is 44.2 Å². The molecule has 4 nitrogen and oxygen atoms in total. The second-order valence-corrected chi connectivity index (χ2v) is 6.00. The molecule has 0 saturated carbocycles. The normalized spacial score (nSPS) is 20.2. The van der Waals surface area contributed by atoms with E-state index in [-0.39, 0.29) is 5.97 Å². The molecule has 1 aromatic rings. The van der Waals surface area contributed by atoms with Crippen LogP contribution in [0.15, 0.2) is 12.1 Å². The van der Waals surface area contributed by atoms with Gasteiger partial charge in [-0.05, 0) is 32.1 Å². The number of nitrogens with zero attached hydrogens (tertiary/aromatic N) is 1. The minimum Gasteiger partial charge on any atom is -0.469 e. The number of carbonyl (C=O) groups is 1. The second-order valence-electron chi connectivity index (χ2n) is 4.75. The quantitative estimate of drug-likeness (QED) is 0.816. The van der Waals surface area contributed by atoms with Gasteiger partial charge in [0, 0.05) is 28.9 Å². The molecule has 0 aromatic carbocycles. The summed E-state index contributed by atoms with van der Waals surface area (Å²) in [4.78, 5) is 15.9. The average molecular weight is 268 g/mol. The lowest BCUT2D eigenvalue weighted by Gasteiger charge is -2.11. The van der Waals surface area contributed by atoms with Crippen molar-refractivity contribution in [2.45, 2.75) is 25.4 Å². The Labute approximate surface area is 112 Å². The SMILES string of the molecule is COC(=O)Cc1ccc(CNC2CCN(C)C2)s1. The largest absolute Gasteiger partial charge is 0.469 e. The summed E-state index contributed by atoms with van der Waals surface area (Å²) in [6, 6.07) is 4.70. The van der Waals surface area contributed by atoms with Gasteiger partial charge in [0.2, 0.25) is 0 Å². The molecular formula is C13H20N2O2S. The van der Waals surface area contributed by atoms with Gasteiger partial charge >= 0.3 is 5.97 Å². The minimum absolute atomic E-state index is 0.172. The maximum absolute atomic E-state index is 11.2. The Morgan fingerprint density at radius 3 is 3.00 bits per heavy atom. The van der Waals surface area contributed by atoms with E-state index in [1.165, 1.54) is 25.0 Å². The van der Waals surface area contributed by atoms with E-state index in [0.29, 0.717) is 12.5 Å². The average Bonchev–Trinajstić information content (AvgIpc) is 2.96. The highest BCUT2D eigenvalue weighted by molar-refractivity contribution is 7.12. The molecule has 0 bridgehead atoms. The molecule has 2 heterocycles. The Balaban J connectivity index is 1.78. The number of likely N-dealkylation sites (N-methyl/N-ethyl adjacent to an activating group) is 1. The molecule has 5 heteroatoms. The molecule has 100 valence electrons. The van der Waals surface area contributed by atoms with Gasteiger partial charge in [0.25, 0.3) is 0 Å². The van der Waals surface area contributed by atoms with Gasteiger partial charge in [-0.15, -0.1) is 11.3 Å². The van der Waals surface area contributed by atoms with Crippen LogP contribution < -0.4 is 5.32 Å². The highest BCUT2D eigenvalue weighted by Gasteiger charge is 2.18. The van der Waals surface area contributed by atoms with Crippen molar-refractivity contribution < 1.29 is 9.53 Å². The molecule has 0 radical (unpaired) electrons. The molecule has 1 fully saturated rings. The van der Waals surface area contributed by atoms with E-state index in [4.69, 9.17) is 0 Å². The van der Waals surface area contributed by atoms with Crippen LogP contribution in [0.2, 0.25) is 0 Å². The van der Waals surface area contributed by atoms with E-state index in [0.717, 1.165) is 18.0 Å². The fourth-order valence-corrected chi connectivity index (χ4v) is 3.13. The van der Waals surface area contributed by atoms with Crippen molar-refractivity contribution in [3.05, 3.63) is 21.9 Å². The summed E-state index contributed by atoms with van der Waals surface area (Å²) < 4.78 is 4.66. The predicted octanol–water partition coefficient (Wildman–Crippen LogP) is 1.26.